The van der Waals surface area contributed by atoms with Crippen LogP contribution in [0, 0.1) is 6.92 Å². The number of rotatable bonds is 6. The number of aliphatic hydroxyl groups excluding tert-OH is 1. The first-order chi connectivity index (χ1) is 14.0. The molecule has 7 nitrogen and oxygen atoms in total. The number of β-amino-alcohol motifs (C(OH)–C–C–N with tert-alkyl or cyclic N) is 1. The number of aliphatic hydroxyl groups is 1. The highest BCUT2D eigenvalue weighted by molar-refractivity contribution is 7.17. The summed E-state index contributed by atoms with van der Waals surface area (Å²) in [6.45, 7) is 10.7. The molecular formula is C21H29N5O2S. The van der Waals surface area contributed by atoms with Crippen LogP contribution >= 0.6 is 11.3 Å². The molecule has 156 valence electrons. The van der Waals surface area contributed by atoms with Crippen LogP contribution in [0.4, 0.5) is 0 Å². The lowest BCUT2D eigenvalue weighted by Gasteiger charge is -2.39. The lowest BCUT2D eigenvalue weighted by atomic mass is 9.97. The molecular weight excluding hydrogens is 386 g/mol. The number of nitrogens with zero attached hydrogens (tertiary/aromatic N) is 5. The second kappa shape index (κ2) is 8.39. The van der Waals surface area contributed by atoms with Crippen LogP contribution in [0.2, 0.25) is 0 Å². The minimum Gasteiger partial charge on any atom is -0.492 e. The lowest BCUT2D eigenvalue weighted by Crippen LogP contribution is -2.48. The number of aromatic hydroxyl groups is 1. The second-order valence-electron chi connectivity index (χ2n) is 7.97. The maximum Gasteiger partial charge on any atom is 0.230 e. The predicted octanol–water partition coefficient (Wildman–Crippen LogP) is 2.63. The molecule has 0 unspecified atom stereocenters. The molecule has 1 fully saturated rings. The van der Waals surface area contributed by atoms with E-state index in [2.05, 4.69) is 58.0 Å². The van der Waals surface area contributed by atoms with Crippen molar-refractivity contribution in [2.45, 2.75) is 32.7 Å². The van der Waals surface area contributed by atoms with Gasteiger partial charge in [0.2, 0.25) is 10.8 Å². The predicted molar refractivity (Wildman–Crippen MR) is 115 cm³/mol. The van der Waals surface area contributed by atoms with Gasteiger partial charge in [-0.15, -0.1) is 5.10 Å². The van der Waals surface area contributed by atoms with Crippen molar-refractivity contribution >= 4 is 16.3 Å². The van der Waals surface area contributed by atoms with E-state index in [0.717, 1.165) is 36.0 Å². The highest BCUT2D eigenvalue weighted by Gasteiger charge is 2.31. The van der Waals surface area contributed by atoms with Gasteiger partial charge in [0.05, 0.1) is 17.5 Å². The molecule has 0 radical (unpaired) electrons. The van der Waals surface area contributed by atoms with Crippen molar-refractivity contribution in [1.82, 2.24) is 24.4 Å². The Hall–Kier alpha value is -2.00. The van der Waals surface area contributed by atoms with Crippen molar-refractivity contribution in [2.75, 3.05) is 39.3 Å². The van der Waals surface area contributed by atoms with Crippen LogP contribution in [0.3, 0.4) is 0 Å². The van der Waals surface area contributed by atoms with Gasteiger partial charge in [0.15, 0.2) is 0 Å². The van der Waals surface area contributed by atoms with Crippen molar-refractivity contribution in [3.05, 3.63) is 46.1 Å². The topological polar surface area (TPSA) is 77.1 Å². The Balaban J connectivity index is 1.70. The zero-order chi connectivity index (χ0) is 20.5. The molecule has 29 heavy (non-hydrogen) atoms. The molecule has 2 N–H and O–H groups in total. The van der Waals surface area contributed by atoms with Crippen LogP contribution in [0.15, 0.2) is 24.3 Å². The van der Waals surface area contributed by atoms with E-state index in [0.29, 0.717) is 18.3 Å². The van der Waals surface area contributed by atoms with Crippen molar-refractivity contribution in [1.29, 1.82) is 0 Å². The summed E-state index contributed by atoms with van der Waals surface area (Å²) in [6, 6.07) is 8.70. The van der Waals surface area contributed by atoms with Gasteiger partial charge in [-0.05, 0) is 24.0 Å². The largest absolute Gasteiger partial charge is 0.492 e. The SMILES string of the molecule is Cc1nc2sc([C@@H](c3ccc(C(C)C)cc3)N3CCN(CCO)CC3)c(O)n2n1. The Morgan fingerprint density at radius 1 is 1.07 bits per heavy atom. The van der Waals surface area contributed by atoms with Crippen molar-refractivity contribution in [3.8, 4) is 5.88 Å². The summed E-state index contributed by atoms with van der Waals surface area (Å²) in [4.78, 5) is 10.7. The van der Waals surface area contributed by atoms with Gasteiger partial charge in [-0.2, -0.15) is 4.52 Å². The highest BCUT2D eigenvalue weighted by Crippen LogP contribution is 2.40. The van der Waals surface area contributed by atoms with Gasteiger partial charge in [0, 0.05) is 32.7 Å². The average Bonchev–Trinajstić information content (AvgIpc) is 3.21. The van der Waals surface area contributed by atoms with Gasteiger partial charge in [-0.25, -0.2) is 4.98 Å². The number of aryl methyl sites for hydroxylation is 1. The zero-order valence-electron chi connectivity index (χ0n) is 17.2. The number of piperazine rings is 1. The van der Waals surface area contributed by atoms with E-state index in [1.54, 1.807) is 4.52 Å². The van der Waals surface area contributed by atoms with Gasteiger partial charge >= 0.3 is 0 Å². The van der Waals surface area contributed by atoms with Gasteiger partial charge in [0.1, 0.15) is 5.82 Å². The van der Waals surface area contributed by atoms with Crippen LogP contribution in [0.1, 0.15) is 47.6 Å². The molecule has 1 aliphatic rings. The van der Waals surface area contributed by atoms with Gasteiger partial charge in [0.25, 0.3) is 0 Å². The fraction of sp³-hybridized carbons (Fsp3) is 0.524. The van der Waals surface area contributed by atoms with Crippen LogP contribution in [0.25, 0.3) is 4.96 Å². The molecule has 8 heteroatoms. The molecule has 0 aliphatic carbocycles. The van der Waals surface area contributed by atoms with E-state index in [9.17, 15) is 10.2 Å². The van der Waals surface area contributed by atoms with Gasteiger partial charge in [-0.3, -0.25) is 9.80 Å². The summed E-state index contributed by atoms with van der Waals surface area (Å²) in [5.41, 5.74) is 2.48. The first-order valence-corrected chi connectivity index (χ1v) is 11.0. The van der Waals surface area contributed by atoms with E-state index in [4.69, 9.17) is 0 Å². The molecule has 4 rings (SSSR count). The molecule has 1 aromatic carbocycles. The fourth-order valence-corrected chi connectivity index (χ4v) is 5.17. The quantitative estimate of drug-likeness (QED) is 0.645. The van der Waals surface area contributed by atoms with Crippen LogP contribution in [-0.2, 0) is 0 Å². The fourth-order valence-electron chi connectivity index (χ4n) is 4.00. The number of hydrogen-bond donors (Lipinski definition) is 2. The molecule has 0 bridgehead atoms. The van der Waals surface area contributed by atoms with Crippen molar-refractivity contribution in [2.24, 2.45) is 0 Å². The van der Waals surface area contributed by atoms with E-state index in [1.165, 1.54) is 22.5 Å². The first-order valence-electron chi connectivity index (χ1n) is 10.2. The maximum atomic E-state index is 10.9. The smallest absolute Gasteiger partial charge is 0.230 e. The number of hydrogen-bond acceptors (Lipinski definition) is 7. The number of benzene rings is 1. The summed E-state index contributed by atoms with van der Waals surface area (Å²) >= 11 is 1.51. The summed E-state index contributed by atoms with van der Waals surface area (Å²) in [6.07, 6.45) is 0. The van der Waals surface area contributed by atoms with E-state index in [-0.39, 0.29) is 18.5 Å². The summed E-state index contributed by atoms with van der Waals surface area (Å²) in [7, 11) is 0. The number of thiazole rings is 1. The lowest BCUT2D eigenvalue weighted by molar-refractivity contribution is 0.0945. The highest BCUT2D eigenvalue weighted by atomic mass is 32.1. The minimum atomic E-state index is -0.0405. The third-order valence-electron chi connectivity index (χ3n) is 5.66. The molecule has 1 saturated heterocycles. The van der Waals surface area contributed by atoms with E-state index < -0.39 is 0 Å². The Kier molecular flexibility index (Phi) is 5.87. The van der Waals surface area contributed by atoms with Crippen molar-refractivity contribution < 1.29 is 10.2 Å². The van der Waals surface area contributed by atoms with Crippen LogP contribution in [-0.4, -0.2) is 73.9 Å². The summed E-state index contributed by atoms with van der Waals surface area (Å²) < 4.78 is 1.55. The molecule has 2 aromatic heterocycles. The van der Waals surface area contributed by atoms with Gasteiger partial charge < -0.3 is 10.2 Å². The molecule has 0 saturated carbocycles. The monoisotopic (exact) mass is 415 g/mol. The first kappa shape index (κ1) is 20.3. The van der Waals surface area contributed by atoms with Crippen LogP contribution < -0.4 is 0 Å². The standard InChI is InChI=1S/C21H29N5O2S/c1-14(2)16-4-6-17(7-5-16)18(25-10-8-24(9-11-25)12-13-27)19-20(28)26-21(29-19)22-15(3)23-26/h4-7,14,18,27-28H,8-13H2,1-3H3/t18-/m1/s1. The van der Waals surface area contributed by atoms with Crippen molar-refractivity contribution in [3.63, 3.8) is 0 Å². The second-order valence-corrected chi connectivity index (χ2v) is 8.98. The normalized spacial score (nSPS) is 17.4. The maximum absolute atomic E-state index is 10.9. The third-order valence-corrected chi connectivity index (χ3v) is 6.73. The Morgan fingerprint density at radius 2 is 1.72 bits per heavy atom. The Bertz CT molecular complexity index is 958. The van der Waals surface area contributed by atoms with E-state index >= 15 is 0 Å². The molecule has 1 aliphatic heterocycles. The van der Waals surface area contributed by atoms with E-state index in [1.807, 2.05) is 6.92 Å². The summed E-state index contributed by atoms with van der Waals surface area (Å²) in [5.74, 6) is 1.32. The Labute approximate surface area is 175 Å². The molecule has 0 amide bonds. The minimum absolute atomic E-state index is 0.0405. The average molecular weight is 416 g/mol. The molecule has 3 aromatic rings. The zero-order valence-corrected chi connectivity index (χ0v) is 18.1. The molecule has 3 heterocycles. The van der Waals surface area contributed by atoms with Crippen LogP contribution in [0.5, 0.6) is 5.88 Å². The Morgan fingerprint density at radius 3 is 2.31 bits per heavy atom. The number of fused-ring (bicyclic) bond motifs is 1. The van der Waals surface area contributed by atoms with Gasteiger partial charge in [-0.1, -0.05) is 49.4 Å². The summed E-state index contributed by atoms with van der Waals surface area (Å²) in [5, 5.41) is 24.5. The number of aromatic nitrogens is 3. The molecule has 1 atom stereocenters. The third kappa shape index (κ3) is 4.02. The molecule has 0 spiro atoms.